The zero-order chi connectivity index (χ0) is 13.5. The van der Waals surface area contributed by atoms with Gasteiger partial charge < -0.3 is 10.2 Å². The van der Waals surface area contributed by atoms with Gasteiger partial charge in [-0.1, -0.05) is 6.42 Å². The molecule has 0 aromatic carbocycles. The lowest BCUT2D eigenvalue weighted by Gasteiger charge is -2.16. The molecule has 2 aliphatic heterocycles. The SMILES string of the molecule is Cl.O=C(c1cc2c(s1)CCCCC2)N1C[C@H]2CNC[C@H]2C1. The predicted octanol–water partition coefficient (Wildman–Crippen LogP) is 2.73. The van der Waals surface area contributed by atoms with Crippen LogP contribution in [-0.2, 0) is 12.8 Å². The molecule has 1 aromatic rings. The van der Waals surface area contributed by atoms with Gasteiger partial charge in [-0.3, -0.25) is 4.79 Å². The van der Waals surface area contributed by atoms with Crippen molar-refractivity contribution < 1.29 is 4.79 Å². The summed E-state index contributed by atoms with van der Waals surface area (Å²) in [6, 6.07) is 2.19. The van der Waals surface area contributed by atoms with E-state index in [0.717, 1.165) is 31.1 Å². The van der Waals surface area contributed by atoms with E-state index in [2.05, 4.69) is 16.3 Å². The molecule has 3 nitrogen and oxygen atoms in total. The van der Waals surface area contributed by atoms with Gasteiger partial charge in [-0.05, 0) is 49.1 Å². The molecule has 4 rings (SSSR count). The topological polar surface area (TPSA) is 32.3 Å². The number of hydrogen-bond acceptors (Lipinski definition) is 3. The summed E-state index contributed by atoms with van der Waals surface area (Å²) in [5.74, 6) is 1.67. The molecule has 2 atom stereocenters. The van der Waals surface area contributed by atoms with Gasteiger partial charge in [0.1, 0.15) is 0 Å². The first-order chi connectivity index (χ1) is 9.81. The third-order valence-corrected chi connectivity index (χ3v) is 6.36. The third kappa shape index (κ3) is 2.86. The molecule has 2 saturated heterocycles. The molecule has 3 heterocycles. The van der Waals surface area contributed by atoms with Gasteiger partial charge in [-0.15, -0.1) is 23.7 Å². The number of thiophene rings is 1. The Morgan fingerprint density at radius 3 is 2.62 bits per heavy atom. The average Bonchev–Trinajstić information content (AvgIpc) is 3.09. The molecule has 21 heavy (non-hydrogen) atoms. The van der Waals surface area contributed by atoms with Crippen LogP contribution in [0, 0.1) is 11.8 Å². The van der Waals surface area contributed by atoms with Crippen LogP contribution in [-0.4, -0.2) is 37.0 Å². The van der Waals surface area contributed by atoms with E-state index in [1.807, 2.05) is 0 Å². The maximum atomic E-state index is 12.7. The predicted molar refractivity (Wildman–Crippen MR) is 88.6 cm³/mol. The first kappa shape index (κ1) is 15.3. The van der Waals surface area contributed by atoms with Gasteiger partial charge in [0.25, 0.3) is 5.91 Å². The summed E-state index contributed by atoms with van der Waals surface area (Å²) in [6.45, 7) is 4.10. The number of amides is 1. The van der Waals surface area contributed by atoms with Gasteiger partial charge in [-0.2, -0.15) is 0 Å². The minimum Gasteiger partial charge on any atom is -0.337 e. The minimum absolute atomic E-state index is 0. The van der Waals surface area contributed by atoms with Crippen molar-refractivity contribution in [3.8, 4) is 0 Å². The number of fused-ring (bicyclic) bond motifs is 2. The molecular weight excluding hydrogens is 304 g/mol. The van der Waals surface area contributed by atoms with Gasteiger partial charge in [0.05, 0.1) is 4.88 Å². The van der Waals surface area contributed by atoms with Crippen LogP contribution in [0.1, 0.15) is 39.4 Å². The number of halogens is 1. The number of nitrogens with one attached hydrogen (secondary N) is 1. The lowest BCUT2D eigenvalue weighted by atomic mass is 10.0. The third-order valence-electron chi connectivity index (χ3n) is 5.13. The van der Waals surface area contributed by atoms with Gasteiger partial charge in [-0.25, -0.2) is 0 Å². The number of likely N-dealkylation sites (tertiary alicyclic amines) is 1. The molecule has 0 unspecified atom stereocenters. The fraction of sp³-hybridized carbons (Fsp3) is 0.688. The van der Waals surface area contributed by atoms with Crippen molar-refractivity contribution in [3.63, 3.8) is 0 Å². The van der Waals surface area contributed by atoms with Crippen LogP contribution in [0.3, 0.4) is 0 Å². The van der Waals surface area contributed by atoms with Crippen molar-refractivity contribution in [1.29, 1.82) is 0 Å². The average molecular weight is 327 g/mol. The summed E-state index contributed by atoms with van der Waals surface area (Å²) in [4.78, 5) is 17.3. The Kier molecular flexibility index (Phi) is 4.57. The Hall–Kier alpha value is -0.580. The normalized spacial score (nSPS) is 27.7. The first-order valence-electron chi connectivity index (χ1n) is 7.93. The van der Waals surface area contributed by atoms with Crippen LogP contribution in [0.25, 0.3) is 0 Å². The quantitative estimate of drug-likeness (QED) is 0.805. The highest BCUT2D eigenvalue weighted by molar-refractivity contribution is 7.14. The van der Waals surface area contributed by atoms with Crippen molar-refractivity contribution in [1.82, 2.24) is 10.2 Å². The molecular formula is C16H23ClN2OS. The summed E-state index contributed by atoms with van der Waals surface area (Å²) in [6.07, 6.45) is 6.28. The lowest BCUT2D eigenvalue weighted by Crippen LogP contribution is -2.31. The van der Waals surface area contributed by atoms with Crippen LogP contribution in [0.2, 0.25) is 0 Å². The molecule has 3 aliphatic rings. The largest absolute Gasteiger partial charge is 0.337 e. The molecule has 1 aliphatic carbocycles. The smallest absolute Gasteiger partial charge is 0.263 e. The number of carbonyl (C=O) groups excluding carboxylic acids is 1. The Bertz CT molecular complexity index is 495. The van der Waals surface area contributed by atoms with Gasteiger partial charge in [0, 0.05) is 31.1 Å². The van der Waals surface area contributed by atoms with Crippen molar-refractivity contribution in [3.05, 3.63) is 21.4 Å². The van der Waals surface area contributed by atoms with E-state index in [9.17, 15) is 4.79 Å². The van der Waals surface area contributed by atoms with Gasteiger partial charge in [0.2, 0.25) is 0 Å². The number of carbonyl (C=O) groups is 1. The fourth-order valence-corrected chi connectivity index (χ4v) is 5.17. The van der Waals surface area contributed by atoms with E-state index in [-0.39, 0.29) is 18.3 Å². The van der Waals surface area contributed by atoms with E-state index in [1.165, 1.54) is 42.5 Å². The van der Waals surface area contributed by atoms with Crippen molar-refractivity contribution in [2.24, 2.45) is 11.8 Å². The first-order valence-corrected chi connectivity index (χ1v) is 8.74. The molecule has 2 fully saturated rings. The number of aryl methyl sites for hydroxylation is 2. The van der Waals surface area contributed by atoms with Crippen LogP contribution in [0.15, 0.2) is 6.07 Å². The van der Waals surface area contributed by atoms with E-state index in [0.29, 0.717) is 11.8 Å². The molecule has 1 amide bonds. The van der Waals surface area contributed by atoms with Gasteiger partial charge >= 0.3 is 0 Å². The highest BCUT2D eigenvalue weighted by atomic mass is 35.5. The van der Waals surface area contributed by atoms with Crippen LogP contribution in [0.5, 0.6) is 0 Å². The van der Waals surface area contributed by atoms with Crippen molar-refractivity contribution in [2.45, 2.75) is 32.1 Å². The molecule has 0 spiro atoms. The minimum atomic E-state index is 0. The zero-order valence-electron chi connectivity index (χ0n) is 12.3. The second kappa shape index (κ2) is 6.27. The summed E-state index contributed by atoms with van der Waals surface area (Å²) in [5.41, 5.74) is 1.46. The maximum Gasteiger partial charge on any atom is 0.263 e. The molecule has 1 aromatic heterocycles. The highest BCUT2D eigenvalue weighted by Crippen LogP contribution is 2.32. The fourth-order valence-electron chi connectivity index (χ4n) is 3.95. The van der Waals surface area contributed by atoms with E-state index < -0.39 is 0 Å². The Balaban J connectivity index is 0.00000132. The highest BCUT2D eigenvalue weighted by Gasteiger charge is 2.38. The van der Waals surface area contributed by atoms with Crippen molar-refractivity contribution >= 4 is 29.7 Å². The summed E-state index contributed by atoms with van der Waals surface area (Å²) in [7, 11) is 0. The summed E-state index contributed by atoms with van der Waals surface area (Å²) < 4.78 is 0. The monoisotopic (exact) mass is 326 g/mol. The standard InChI is InChI=1S/C16H22N2OS.ClH/c19-16(18-9-12-7-17-8-13(12)10-18)15-6-11-4-2-1-3-5-14(11)20-15;/h6,12-13,17H,1-5,7-10H2;1H/t12-,13+;. The Morgan fingerprint density at radius 1 is 1.14 bits per heavy atom. The second-order valence-corrected chi connectivity index (χ2v) is 7.65. The number of hydrogen-bond donors (Lipinski definition) is 1. The molecule has 0 saturated carbocycles. The Morgan fingerprint density at radius 2 is 1.86 bits per heavy atom. The van der Waals surface area contributed by atoms with Crippen LogP contribution >= 0.6 is 23.7 Å². The van der Waals surface area contributed by atoms with E-state index in [1.54, 1.807) is 11.3 Å². The zero-order valence-corrected chi connectivity index (χ0v) is 13.9. The van der Waals surface area contributed by atoms with Crippen LogP contribution < -0.4 is 5.32 Å². The molecule has 0 radical (unpaired) electrons. The summed E-state index contributed by atoms with van der Waals surface area (Å²) in [5, 5.41) is 3.43. The van der Waals surface area contributed by atoms with E-state index >= 15 is 0 Å². The maximum absolute atomic E-state index is 12.7. The molecule has 5 heteroatoms. The van der Waals surface area contributed by atoms with Crippen molar-refractivity contribution in [2.75, 3.05) is 26.2 Å². The number of nitrogens with zero attached hydrogens (tertiary/aromatic N) is 1. The molecule has 0 bridgehead atoms. The van der Waals surface area contributed by atoms with Crippen LogP contribution in [0.4, 0.5) is 0 Å². The molecule has 116 valence electrons. The summed E-state index contributed by atoms with van der Waals surface area (Å²) >= 11 is 1.76. The van der Waals surface area contributed by atoms with E-state index in [4.69, 9.17) is 0 Å². The number of rotatable bonds is 1. The second-order valence-electron chi connectivity index (χ2n) is 6.51. The van der Waals surface area contributed by atoms with Gasteiger partial charge in [0.15, 0.2) is 0 Å². The lowest BCUT2D eigenvalue weighted by molar-refractivity contribution is 0.0786. The Labute approximate surface area is 136 Å². The molecule has 1 N–H and O–H groups in total.